The van der Waals surface area contributed by atoms with Crippen molar-refractivity contribution in [2.24, 2.45) is 5.41 Å². The Labute approximate surface area is 108 Å². The van der Waals surface area contributed by atoms with E-state index in [9.17, 15) is 4.79 Å². The number of nitrogens with zero attached hydrogens (tertiary/aromatic N) is 1. The van der Waals surface area contributed by atoms with Gasteiger partial charge in [0.2, 0.25) is 0 Å². The first-order valence-electron chi connectivity index (χ1n) is 6.67. The summed E-state index contributed by atoms with van der Waals surface area (Å²) in [6.45, 7) is 5.75. The maximum Gasteiger partial charge on any atom is 0.269 e. The van der Waals surface area contributed by atoms with Gasteiger partial charge >= 0.3 is 0 Å². The van der Waals surface area contributed by atoms with E-state index in [2.05, 4.69) is 22.5 Å². The van der Waals surface area contributed by atoms with Crippen LogP contribution in [-0.2, 0) is 0 Å². The Morgan fingerprint density at radius 2 is 2.22 bits per heavy atom. The molecule has 0 atom stereocenters. The molecule has 0 spiro atoms. The minimum absolute atomic E-state index is 0.113. The molecule has 0 aromatic carbocycles. The Hall–Kier alpha value is -1.58. The zero-order chi connectivity index (χ0) is 13.0. The number of hydrogen-bond acceptors (Lipinski definition) is 3. The van der Waals surface area contributed by atoms with E-state index in [4.69, 9.17) is 0 Å². The van der Waals surface area contributed by atoms with Crippen LogP contribution < -0.4 is 10.6 Å². The summed E-state index contributed by atoms with van der Waals surface area (Å²) in [4.78, 5) is 15.8. The lowest BCUT2D eigenvalue weighted by Gasteiger charge is -2.14. The van der Waals surface area contributed by atoms with Crippen molar-refractivity contribution >= 4 is 11.6 Å². The summed E-state index contributed by atoms with van der Waals surface area (Å²) in [7, 11) is 0. The van der Waals surface area contributed by atoms with Crippen LogP contribution in [0.3, 0.4) is 0 Å². The second-order valence-electron chi connectivity index (χ2n) is 5.00. The van der Waals surface area contributed by atoms with Crippen LogP contribution in [0.25, 0.3) is 0 Å². The fraction of sp³-hybridized carbons (Fsp3) is 0.571. The summed E-state index contributed by atoms with van der Waals surface area (Å²) in [5.74, 6) is -0.113. The van der Waals surface area contributed by atoms with Gasteiger partial charge in [0.05, 0.1) is 0 Å². The third kappa shape index (κ3) is 3.00. The normalized spacial score (nSPS) is 16.1. The topological polar surface area (TPSA) is 54.0 Å². The van der Waals surface area contributed by atoms with Crippen molar-refractivity contribution < 1.29 is 4.79 Å². The summed E-state index contributed by atoms with van der Waals surface area (Å²) < 4.78 is 0. The van der Waals surface area contributed by atoms with Gasteiger partial charge in [0, 0.05) is 25.0 Å². The molecule has 1 amide bonds. The summed E-state index contributed by atoms with van der Waals surface area (Å²) in [6.07, 6.45) is 5.52. The molecule has 1 aromatic rings. The van der Waals surface area contributed by atoms with Crippen LogP contribution in [0, 0.1) is 5.41 Å². The molecule has 4 heteroatoms. The number of anilines is 1. The molecule has 1 saturated carbocycles. The van der Waals surface area contributed by atoms with Crippen LogP contribution in [-0.4, -0.2) is 24.0 Å². The highest BCUT2D eigenvalue weighted by molar-refractivity contribution is 5.93. The van der Waals surface area contributed by atoms with E-state index in [1.807, 2.05) is 19.1 Å². The number of carbonyl (C=O) groups is 1. The largest absolute Gasteiger partial charge is 0.384 e. The average Bonchev–Trinajstić information content (AvgIpc) is 3.18. The molecule has 18 heavy (non-hydrogen) atoms. The Bertz CT molecular complexity index is 427. The lowest BCUT2D eigenvalue weighted by Crippen LogP contribution is -2.24. The van der Waals surface area contributed by atoms with Crippen LogP contribution in [0.15, 0.2) is 18.3 Å². The second-order valence-corrected chi connectivity index (χ2v) is 5.00. The van der Waals surface area contributed by atoms with Crippen molar-refractivity contribution in [1.82, 2.24) is 10.3 Å². The highest BCUT2D eigenvalue weighted by Crippen LogP contribution is 2.48. The number of carbonyl (C=O) groups excluding carboxylic acids is 1. The van der Waals surface area contributed by atoms with Crippen LogP contribution in [0.2, 0.25) is 0 Å². The minimum atomic E-state index is -0.113. The van der Waals surface area contributed by atoms with E-state index in [1.54, 1.807) is 6.20 Å². The smallest absolute Gasteiger partial charge is 0.269 e. The van der Waals surface area contributed by atoms with Gasteiger partial charge in [-0.05, 0) is 43.7 Å². The summed E-state index contributed by atoms with van der Waals surface area (Å²) in [5.41, 5.74) is 1.95. The monoisotopic (exact) mass is 247 g/mol. The standard InChI is InChI=1S/C14H21N3O/c1-3-14(6-7-14)10-17-11-5-8-16-12(9-11)13(18)15-4-2/h5,8-9H,3-4,6-7,10H2,1-2H3,(H,15,18)(H,16,17). The number of nitrogens with one attached hydrogen (secondary N) is 2. The first kappa shape index (κ1) is 12.9. The number of rotatable bonds is 6. The van der Waals surface area contributed by atoms with E-state index in [-0.39, 0.29) is 5.91 Å². The Balaban J connectivity index is 1.97. The van der Waals surface area contributed by atoms with Gasteiger partial charge in [-0.25, -0.2) is 0 Å². The molecule has 0 unspecified atom stereocenters. The molecule has 98 valence electrons. The van der Waals surface area contributed by atoms with Crippen molar-refractivity contribution in [3.63, 3.8) is 0 Å². The Morgan fingerprint density at radius 1 is 1.44 bits per heavy atom. The summed E-state index contributed by atoms with van der Waals surface area (Å²) in [6, 6.07) is 3.73. The van der Waals surface area contributed by atoms with E-state index < -0.39 is 0 Å². The molecule has 2 N–H and O–H groups in total. The van der Waals surface area contributed by atoms with Crippen LogP contribution in [0.5, 0.6) is 0 Å². The molecular weight excluding hydrogens is 226 g/mol. The fourth-order valence-electron chi connectivity index (χ4n) is 2.04. The number of pyridine rings is 1. The van der Waals surface area contributed by atoms with Gasteiger partial charge in [-0.3, -0.25) is 9.78 Å². The van der Waals surface area contributed by atoms with E-state index in [0.29, 0.717) is 17.7 Å². The summed E-state index contributed by atoms with van der Waals surface area (Å²) >= 11 is 0. The first-order valence-corrected chi connectivity index (χ1v) is 6.67. The van der Waals surface area contributed by atoms with Crippen molar-refractivity contribution in [3.05, 3.63) is 24.0 Å². The predicted octanol–water partition coefficient (Wildman–Crippen LogP) is 2.43. The number of aromatic nitrogens is 1. The van der Waals surface area contributed by atoms with Gasteiger partial charge in [-0.1, -0.05) is 6.92 Å². The van der Waals surface area contributed by atoms with E-state index in [0.717, 1.165) is 12.2 Å². The van der Waals surface area contributed by atoms with Crippen molar-refractivity contribution in [2.75, 3.05) is 18.4 Å². The third-order valence-corrected chi connectivity index (χ3v) is 3.70. The average molecular weight is 247 g/mol. The van der Waals surface area contributed by atoms with E-state index >= 15 is 0 Å². The van der Waals surface area contributed by atoms with E-state index in [1.165, 1.54) is 19.3 Å². The van der Waals surface area contributed by atoms with Gasteiger partial charge in [0.25, 0.3) is 5.91 Å². The Morgan fingerprint density at radius 3 is 2.83 bits per heavy atom. The highest BCUT2D eigenvalue weighted by atomic mass is 16.1. The first-order chi connectivity index (χ1) is 8.69. The third-order valence-electron chi connectivity index (χ3n) is 3.70. The summed E-state index contributed by atoms with van der Waals surface area (Å²) in [5, 5.41) is 6.17. The second kappa shape index (κ2) is 5.38. The molecule has 0 bridgehead atoms. The van der Waals surface area contributed by atoms with Crippen molar-refractivity contribution in [1.29, 1.82) is 0 Å². The minimum Gasteiger partial charge on any atom is -0.384 e. The van der Waals surface area contributed by atoms with Crippen molar-refractivity contribution in [3.8, 4) is 0 Å². The number of hydrogen-bond donors (Lipinski definition) is 2. The van der Waals surface area contributed by atoms with Crippen LogP contribution in [0.4, 0.5) is 5.69 Å². The molecule has 4 nitrogen and oxygen atoms in total. The maximum atomic E-state index is 11.7. The lowest BCUT2D eigenvalue weighted by molar-refractivity contribution is 0.0951. The fourth-order valence-corrected chi connectivity index (χ4v) is 2.04. The lowest BCUT2D eigenvalue weighted by atomic mass is 10.0. The highest BCUT2D eigenvalue weighted by Gasteiger charge is 2.40. The Kier molecular flexibility index (Phi) is 3.84. The van der Waals surface area contributed by atoms with Gasteiger partial charge in [0.1, 0.15) is 5.69 Å². The molecule has 1 heterocycles. The SMILES string of the molecule is CCNC(=O)c1cc(NCC2(CC)CC2)ccn1. The molecule has 1 aromatic heterocycles. The molecule has 1 aliphatic carbocycles. The van der Waals surface area contributed by atoms with Crippen LogP contribution in [0.1, 0.15) is 43.6 Å². The van der Waals surface area contributed by atoms with Gasteiger partial charge in [0.15, 0.2) is 0 Å². The van der Waals surface area contributed by atoms with Gasteiger partial charge in [-0.2, -0.15) is 0 Å². The zero-order valence-electron chi connectivity index (χ0n) is 11.1. The van der Waals surface area contributed by atoms with Gasteiger partial charge in [-0.15, -0.1) is 0 Å². The molecular formula is C14H21N3O. The molecule has 2 rings (SSSR count). The van der Waals surface area contributed by atoms with Crippen LogP contribution >= 0.6 is 0 Å². The predicted molar refractivity (Wildman–Crippen MR) is 72.7 cm³/mol. The van der Waals surface area contributed by atoms with Gasteiger partial charge < -0.3 is 10.6 Å². The zero-order valence-corrected chi connectivity index (χ0v) is 11.1. The van der Waals surface area contributed by atoms with Crippen molar-refractivity contribution in [2.45, 2.75) is 33.1 Å². The number of amides is 1. The molecule has 0 aliphatic heterocycles. The molecule has 0 saturated heterocycles. The molecule has 0 radical (unpaired) electrons. The quantitative estimate of drug-likeness (QED) is 0.811. The molecule has 1 fully saturated rings. The molecule has 1 aliphatic rings. The maximum absolute atomic E-state index is 11.7.